The Bertz CT molecular complexity index is 631. The van der Waals surface area contributed by atoms with E-state index in [0.717, 1.165) is 0 Å². The minimum absolute atomic E-state index is 0.306. The smallest absolute Gasteiger partial charge is 0.249 e. The Morgan fingerprint density at radius 2 is 2.04 bits per heavy atom. The highest BCUT2D eigenvalue weighted by molar-refractivity contribution is 5.97. The number of carbonyl (C=O) groups is 2. The molecule has 0 fully saturated rings. The maximum atomic E-state index is 11.6. The molecule has 1 rings (SSSR count). The first-order chi connectivity index (χ1) is 12.6. The zero-order valence-corrected chi connectivity index (χ0v) is 15.1. The number of ether oxygens (including phenoxy) is 3. The summed E-state index contributed by atoms with van der Waals surface area (Å²) in [4.78, 5) is 23.1. The molecule has 0 saturated heterocycles. The molecule has 0 aliphatic carbocycles. The van der Waals surface area contributed by atoms with Crippen LogP contribution in [0.2, 0.25) is 0 Å². The average molecular weight is 363 g/mol. The second-order valence-electron chi connectivity index (χ2n) is 5.05. The molecule has 0 aliphatic heterocycles. The van der Waals surface area contributed by atoms with E-state index in [4.69, 9.17) is 14.2 Å². The SMILES string of the molecule is C=CCOc1ccc(/C=N/NC(=O)CC(=O)NCCOC)cc1OCC. The van der Waals surface area contributed by atoms with E-state index in [-0.39, 0.29) is 6.42 Å². The number of nitrogens with one attached hydrogen (secondary N) is 2. The molecule has 2 N–H and O–H groups in total. The van der Waals surface area contributed by atoms with Crippen molar-refractivity contribution in [1.29, 1.82) is 0 Å². The Morgan fingerprint density at radius 1 is 1.23 bits per heavy atom. The highest BCUT2D eigenvalue weighted by atomic mass is 16.5. The summed E-state index contributed by atoms with van der Waals surface area (Å²) >= 11 is 0. The Hall–Kier alpha value is -2.87. The molecule has 0 spiro atoms. The van der Waals surface area contributed by atoms with Crippen LogP contribution in [0.25, 0.3) is 0 Å². The Labute approximate surface area is 153 Å². The molecule has 0 atom stereocenters. The van der Waals surface area contributed by atoms with Crippen LogP contribution in [0.4, 0.5) is 0 Å². The van der Waals surface area contributed by atoms with Crippen molar-refractivity contribution in [3.05, 3.63) is 36.4 Å². The molecule has 0 heterocycles. The van der Waals surface area contributed by atoms with Crippen molar-refractivity contribution in [1.82, 2.24) is 10.7 Å². The predicted molar refractivity (Wildman–Crippen MR) is 98.5 cm³/mol. The molecule has 142 valence electrons. The van der Waals surface area contributed by atoms with E-state index in [2.05, 4.69) is 22.4 Å². The van der Waals surface area contributed by atoms with Gasteiger partial charge in [0.1, 0.15) is 13.0 Å². The van der Waals surface area contributed by atoms with E-state index in [1.807, 2.05) is 6.92 Å². The lowest BCUT2D eigenvalue weighted by atomic mass is 10.2. The number of hydrogen-bond acceptors (Lipinski definition) is 6. The van der Waals surface area contributed by atoms with Gasteiger partial charge in [-0.15, -0.1) is 0 Å². The largest absolute Gasteiger partial charge is 0.490 e. The van der Waals surface area contributed by atoms with Crippen molar-refractivity contribution in [3.8, 4) is 11.5 Å². The first-order valence-corrected chi connectivity index (χ1v) is 8.18. The fraction of sp³-hybridized carbons (Fsp3) is 0.389. The van der Waals surface area contributed by atoms with Gasteiger partial charge in [-0.05, 0) is 30.7 Å². The minimum atomic E-state index is -0.507. The van der Waals surface area contributed by atoms with Crippen molar-refractivity contribution >= 4 is 18.0 Å². The van der Waals surface area contributed by atoms with Crippen molar-refractivity contribution in [2.75, 3.05) is 33.5 Å². The van der Waals surface area contributed by atoms with Gasteiger partial charge in [-0.1, -0.05) is 12.7 Å². The predicted octanol–water partition coefficient (Wildman–Crippen LogP) is 1.25. The monoisotopic (exact) mass is 363 g/mol. The first kappa shape index (κ1) is 21.2. The van der Waals surface area contributed by atoms with Crippen LogP contribution >= 0.6 is 0 Å². The van der Waals surface area contributed by atoms with E-state index in [9.17, 15) is 9.59 Å². The summed E-state index contributed by atoms with van der Waals surface area (Å²) in [5.74, 6) is 0.270. The zero-order valence-electron chi connectivity index (χ0n) is 15.1. The molecular weight excluding hydrogens is 338 g/mol. The summed E-state index contributed by atoms with van der Waals surface area (Å²) in [5, 5.41) is 6.40. The van der Waals surface area contributed by atoms with Gasteiger partial charge >= 0.3 is 0 Å². The number of hydrogen-bond donors (Lipinski definition) is 2. The van der Waals surface area contributed by atoms with Crippen molar-refractivity contribution in [2.24, 2.45) is 5.10 Å². The molecule has 0 unspecified atom stereocenters. The van der Waals surface area contributed by atoms with Gasteiger partial charge in [0.15, 0.2) is 11.5 Å². The first-order valence-electron chi connectivity index (χ1n) is 8.18. The van der Waals surface area contributed by atoms with E-state index in [1.54, 1.807) is 24.3 Å². The van der Waals surface area contributed by atoms with Gasteiger partial charge in [0.05, 0.1) is 19.4 Å². The molecule has 1 aromatic carbocycles. The van der Waals surface area contributed by atoms with Crippen molar-refractivity contribution in [2.45, 2.75) is 13.3 Å². The maximum absolute atomic E-state index is 11.6. The van der Waals surface area contributed by atoms with Gasteiger partial charge in [-0.2, -0.15) is 5.10 Å². The van der Waals surface area contributed by atoms with Crippen LogP contribution in [0.5, 0.6) is 11.5 Å². The molecule has 0 bridgehead atoms. The van der Waals surface area contributed by atoms with Crippen molar-refractivity contribution in [3.63, 3.8) is 0 Å². The normalized spacial score (nSPS) is 10.4. The summed E-state index contributed by atoms with van der Waals surface area (Å²) in [7, 11) is 1.53. The quantitative estimate of drug-likeness (QED) is 0.191. The Morgan fingerprint density at radius 3 is 2.73 bits per heavy atom. The summed E-state index contributed by atoms with van der Waals surface area (Å²) < 4.78 is 15.8. The maximum Gasteiger partial charge on any atom is 0.249 e. The van der Waals surface area contributed by atoms with Gasteiger partial charge in [0.25, 0.3) is 0 Å². The number of carbonyl (C=O) groups excluding carboxylic acids is 2. The average Bonchev–Trinajstić information content (AvgIpc) is 2.61. The van der Waals surface area contributed by atoms with Gasteiger partial charge in [-0.25, -0.2) is 5.43 Å². The van der Waals surface area contributed by atoms with E-state index >= 15 is 0 Å². The highest BCUT2D eigenvalue weighted by Gasteiger charge is 2.08. The van der Waals surface area contributed by atoms with E-state index < -0.39 is 11.8 Å². The second-order valence-corrected chi connectivity index (χ2v) is 5.05. The fourth-order valence-electron chi connectivity index (χ4n) is 1.86. The molecule has 8 nitrogen and oxygen atoms in total. The molecule has 0 radical (unpaired) electrons. The second kappa shape index (κ2) is 12.5. The van der Waals surface area contributed by atoms with Gasteiger partial charge in [0.2, 0.25) is 11.8 Å². The number of hydrazone groups is 1. The van der Waals surface area contributed by atoms with Crippen LogP contribution < -0.4 is 20.2 Å². The third kappa shape index (κ3) is 8.29. The number of nitrogens with zero attached hydrogens (tertiary/aromatic N) is 1. The van der Waals surface area contributed by atoms with Crippen molar-refractivity contribution < 1.29 is 23.8 Å². The number of benzene rings is 1. The van der Waals surface area contributed by atoms with Crippen LogP contribution in [0, 0.1) is 0 Å². The topological polar surface area (TPSA) is 98.2 Å². The van der Waals surface area contributed by atoms with Crippen LogP contribution in [-0.4, -0.2) is 51.5 Å². The number of rotatable bonds is 12. The molecule has 0 aliphatic rings. The summed E-state index contributed by atoms with van der Waals surface area (Å²) in [6, 6.07) is 5.27. The molecule has 0 aromatic heterocycles. The lowest BCUT2D eigenvalue weighted by Gasteiger charge is -2.11. The molecule has 2 amide bonds. The lowest BCUT2D eigenvalue weighted by Crippen LogP contribution is -2.31. The molecule has 8 heteroatoms. The summed E-state index contributed by atoms with van der Waals surface area (Å²) in [6.07, 6.45) is 2.80. The lowest BCUT2D eigenvalue weighted by molar-refractivity contribution is -0.129. The van der Waals surface area contributed by atoms with Gasteiger partial charge in [0, 0.05) is 13.7 Å². The summed E-state index contributed by atoms with van der Waals surface area (Å²) in [6.45, 7) is 7.08. The molecule has 1 aromatic rings. The van der Waals surface area contributed by atoms with E-state index in [1.165, 1.54) is 13.3 Å². The summed E-state index contributed by atoms with van der Waals surface area (Å²) in [5.41, 5.74) is 3.02. The molecule has 0 saturated carbocycles. The van der Waals surface area contributed by atoms with Crippen LogP contribution in [0.15, 0.2) is 36.0 Å². The van der Waals surface area contributed by atoms with Crippen LogP contribution in [0.1, 0.15) is 18.9 Å². The standard InChI is InChI=1S/C18H25N3O5/c1-4-9-26-15-7-6-14(11-16(15)25-5-2)13-20-21-18(23)12-17(22)19-8-10-24-3/h4,6-7,11,13H,1,5,8-10,12H2,2-3H3,(H,19,22)(H,21,23)/b20-13+. The third-order valence-electron chi connectivity index (χ3n) is 2.98. The Kier molecular flexibility index (Phi) is 10.2. The minimum Gasteiger partial charge on any atom is -0.490 e. The number of amides is 2. The fourth-order valence-corrected chi connectivity index (χ4v) is 1.86. The molecular formula is C18H25N3O5. The number of methoxy groups -OCH3 is 1. The molecule has 26 heavy (non-hydrogen) atoms. The Balaban J connectivity index is 2.56. The van der Waals surface area contributed by atoms with Gasteiger partial charge < -0.3 is 19.5 Å². The zero-order chi connectivity index (χ0) is 19.2. The van der Waals surface area contributed by atoms with Crippen LogP contribution in [0.3, 0.4) is 0 Å². The van der Waals surface area contributed by atoms with E-state index in [0.29, 0.717) is 43.4 Å². The third-order valence-corrected chi connectivity index (χ3v) is 2.98. The van der Waals surface area contributed by atoms with Gasteiger partial charge in [-0.3, -0.25) is 9.59 Å². The highest BCUT2D eigenvalue weighted by Crippen LogP contribution is 2.28. The van der Waals surface area contributed by atoms with Crippen LogP contribution in [-0.2, 0) is 14.3 Å².